The Kier molecular flexibility index (Phi) is 5.46. The van der Waals surface area contributed by atoms with Crippen molar-refractivity contribution in [3.63, 3.8) is 0 Å². The van der Waals surface area contributed by atoms with E-state index in [9.17, 15) is 5.11 Å². The van der Waals surface area contributed by atoms with Crippen LogP contribution in [0.5, 0.6) is 0 Å². The molecule has 0 aromatic heterocycles. The SMILES string of the molecule is C=C(Cl)/C(=C\C)c1cccc(C(O)CCC)c1. The summed E-state index contributed by atoms with van der Waals surface area (Å²) in [5.74, 6) is 0. The Balaban J connectivity index is 3.04. The van der Waals surface area contributed by atoms with E-state index in [1.807, 2.05) is 37.3 Å². The first-order chi connectivity index (χ1) is 8.10. The molecule has 0 aliphatic carbocycles. The third kappa shape index (κ3) is 3.72. The highest BCUT2D eigenvalue weighted by Crippen LogP contribution is 2.27. The summed E-state index contributed by atoms with van der Waals surface area (Å²) in [4.78, 5) is 0. The van der Waals surface area contributed by atoms with Crippen molar-refractivity contribution in [1.29, 1.82) is 0 Å². The molecule has 0 spiro atoms. The minimum Gasteiger partial charge on any atom is -0.388 e. The normalized spacial score (nSPS) is 13.5. The summed E-state index contributed by atoms with van der Waals surface area (Å²) in [6.07, 6.45) is 3.27. The number of hydrogen-bond acceptors (Lipinski definition) is 1. The van der Waals surface area contributed by atoms with Gasteiger partial charge in [-0.05, 0) is 36.1 Å². The number of aliphatic hydroxyl groups excluding tert-OH is 1. The molecule has 1 rings (SSSR count). The summed E-state index contributed by atoms with van der Waals surface area (Å²) in [5, 5.41) is 10.5. The average Bonchev–Trinajstić information content (AvgIpc) is 2.30. The molecule has 1 nitrogen and oxygen atoms in total. The average molecular weight is 251 g/mol. The van der Waals surface area contributed by atoms with Crippen molar-refractivity contribution in [2.24, 2.45) is 0 Å². The van der Waals surface area contributed by atoms with Gasteiger partial charge in [-0.15, -0.1) is 0 Å². The van der Waals surface area contributed by atoms with Crippen molar-refractivity contribution in [2.45, 2.75) is 32.8 Å². The van der Waals surface area contributed by atoms with Crippen molar-refractivity contribution in [2.75, 3.05) is 0 Å². The van der Waals surface area contributed by atoms with E-state index in [2.05, 4.69) is 13.5 Å². The maximum absolute atomic E-state index is 9.96. The van der Waals surface area contributed by atoms with Crippen LogP contribution in [0.25, 0.3) is 5.57 Å². The molecule has 0 saturated carbocycles. The molecule has 1 N–H and O–H groups in total. The van der Waals surface area contributed by atoms with Crippen LogP contribution in [-0.4, -0.2) is 5.11 Å². The van der Waals surface area contributed by atoms with Gasteiger partial charge in [0.15, 0.2) is 0 Å². The van der Waals surface area contributed by atoms with E-state index in [-0.39, 0.29) is 0 Å². The summed E-state index contributed by atoms with van der Waals surface area (Å²) in [6.45, 7) is 7.74. The van der Waals surface area contributed by atoms with Crippen molar-refractivity contribution >= 4 is 17.2 Å². The molecule has 0 aliphatic heterocycles. The lowest BCUT2D eigenvalue weighted by Gasteiger charge is -2.12. The highest BCUT2D eigenvalue weighted by molar-refractivity contribution is 6.36. The molecule has 0 heterocycles. The van der Waals surface area contributed by atoms with Gasteiger partial charge in [-0.3, -0.25) is 0 Å². The zero-order valence-corrected chi connectivity index (χ0v) is 11.2. The Morgan fingerprint density at radius 1 is 1.53 bits per heavy atom. The molecule has 17 heavy (non-hydrogen) atoms. The van der Waals surface area contributed by atoms with Gasteiger partial charge in [0.1, 0.15) is 0 Å². The van der Waals surface area contributed by atoms with E-state index in [4.69, 9.17) is 11.6 Å². The first-order valence-corrected chi connectivity index (χ1v) is 6.27. The van der Waals surface area contributed by atoms with E-state index in [1.165, 1.54) is 0 Å². The molecule has 1 atom stereocenters. The van der Waals surface area contributed by atoms with Gasteiger partial charge in [0.05, 0.1) is 6.10 Å². The topological polar surface area (TPSA) is 20.2 Å². The van der Waals surface area contributed by atoms with Gasteiger partial charge in [-0.25, -0.2) is 0 Å². The van der Waals surface area contributed by atoms with Crippen LogP contribution in [0.1, 0.15) is 43.9 Å². The minimum absolute atomic E-state index is 0.401. The maximum Gasteiger partial charge on any atom is 0.0790 e. The molecule has 0 aliphatic rings. The number of benzene rings is 1. The predicted octanol–water partition coefficient (Wildman–Crippen LogP) is 4.68. The molecule has 0 saturated heterocycles. The number of allylic oxidation sites excluding steroid dienone is 3. The summed E-state index contributed by atoms with van der Waals surface area (Å²) < 4.78 is 0. The quantitative estimate of drug-likeness (QED) is 0.753. The number of aliphatic hydroxyl groups is 1. The first-order valence-electron chi connectivity index (χ1n) is 5.89. The molecule has 0 fully saturated rings. The summed E-state index contributed by atoms with van der Waals surface area (Å²) >= 11 is 5.95. The molecular weight excluding hydrogens is 232 g/mol. The van der Waals surface area contributed by atoms with Crippen LogP contribution in [0, 0.1) is 0 Å². The molecular formula is C15H19ClO. The van der Waals surface area contributed by atoms with Crippen LogP contribution in [0.2, 0.25) is 0 Å². The summed E-state index contributed by atoms with van der Waals surface area (Å²) in [6, 6.07) is 7.83. The number of hydrogen-bond donors (Lipinski definition) is 1. The van der Waals surface area contributed by atoms with Crippen LogP contribution in [0.4, 0.5) is 0 Å². The molecule has 0 radical (unpaired) electrons. The van der Waals surface area contributed by atoms with Gasteiger partial charge < -0.3 is 5.11 Å². The van der Waals surface area contributed by atoms with Gasteiger partial charge in [0, 0.05) is 5.03 Å². The third-order valence-electron chi connectivity index (χ3n) is 2.73. The molecule has 1 aromatic carbocycles. The minimum atomic E-state index is -0.401. The molecule has 0 amide bonds. The Bertz CT molecular complexity index is 421. The van der Waals surface area contributed by atoms with Crippen molar-refractivity contribution < 1.29 is 5.11 Å². The van der Waals surface area contributed by atoms with Crippen molar-refractivity contribution in [3.8, 4) is 0 Å². The van der Waals surface area contributed by atoms with Crippen molar-refractivity contribution in [3.05, 3.63) is 53.1 Å². The van der Waals surface area contributed by atoms with Gasteiger partial charge in [-0.2, -0.15) is 0 Å². The largest absolute Gasteiger partial charge is 0.388 e. The first kappa shape index (κ1) is 14.0. The molecule has 92 valence electrons. The van der Waals surface area contributed by atoms with Gasteiger partial charge in [0.2, 0.25) is 0 Å². The van der Waals surface area contributed by atoms with E-state index in [0.717, 1.165) is 29.5 Å². The van der Waals surface area contributed by atoms with E-state index in [1.54, 1.807) is 0 Å². The Morgan fingerprint density at radius 3 is 2.76 bits per heavy atom. The number of halogens is 1. The van der Waals surface area contributed by atoms with Gasteiger partial charge >= 0.3 is 0 Å². The summed E-state index contributed by atoms with van der Waals surface area (Å²) in [5.41, 5.74) is 2.85. The van der Waals surface area contributed by atoms with Crippen LogP contribution < -0.4 is 0 Å². The Morgan fingerprint density at radius 2 is 2.24 bits per heavy atom. The number of rotatable bonds is 5. The highest BCUT2D eigenvalue weighted by atomic mass is 35.5. The Labute approximate surface area is 108 Å². The van der Waals surface area contributed by atoms with Crippen molar-refractivity contribution in [1.82, 2.24) is 0 Å². The molecule has 2 heteroatoms. The van der Waals surface area contributed by atoms with E-state index in [0.29, 0.717) is 5.03 Å². The second-order valence-corrected chi connectivity index (χ2v) is 4.49. The molecule has 1 aromatic rings. The highest BCUT2D eigenvalue weighted by Gasteiger charge is 2.09. The maximum atomic E-state index is 9.96. The molecule has 0 bridgehead atoms. The molecule has 1 unspecified atom stereocenters. The van der Waals surface area contributed by atoms with E-state index < -0.39 is 6.10 Å². The summed E-state index contributed by atoms with van der Waals surface area (Å²) in [7, 11) is 0. The fraction of sp³-hybridized carbons (Fsp3) is 0.333. The fourth-order valence-electron chi connectivity index (χ4n) is 1.83. The standard InChI is InChI=1S/C15H19ClO/c1-4-7-15(17)13-9-6-8-12(10-13)14(5-2)11(3)16/h5-6,8-10,15,17H,3-4,7H2,1-2H3/b14-5+. The fourth-order valence-corrected chi connectivity index (χ4v) is 2.05. The van der Waals surface area contributed by atoms with Crippen LogP contribution in [0.15, 0.2) is 42.0 Å². The van der Waals surface area contributed by atoms with Gasteiger partial charge in [-0.1, -0.05) is 55.8 Å². The van der Waals surface area contributed by atoms with E-state index >= 15 is 0 Å². The Hall–Kier alpha value is -1.05. The smallest absolute Gasteiger partial charge is 0.0790 e. The zero-order valence-electron chi connectivity index (χ0n) is 10.4. The van der Waals surface area contributed by atoms with Crippen LogP contribution >= 0.6 is 11.6 Å². The van der Waals surface area contributed by atoms with Crippen LogP contribution in [0.3, 0.4) is 0 Å². The second kappa shape index (κ2) is 6.63. The zero-order chi connectivity index (χ0) is 12.8. The third-order valence-corrected chi connectivity index (χ3v) is 2.93. The second-order valence-electron chi connectivity index (χ2n) is 4.04. The van der Waals surface area contributed by atoms with Crippen LogP contribution in [-0.2, 0) is 0 Å². The van der Waals surface area contributed by atoms with Gasteiger partial charge in [0.25, 0.3) is 0 Å². The predicted molar refractivity (Wildman–Crippen MR) is 75.0 cm³/mol. The monoisotopic (exact) mass is 250 g/mol. The lowest BCUT2D eigenvalue weighted by atomic mass is 9.98. The lowest BCUT2D eigenvalue weighted by Crippen LogP contribution is -1.97. The lowest BCUT2D eigenvalue weighted by molar-refractivity contribution is 0.166.